The first-order chi connectivity index (χ1) is 7.56. The molecule has 1 rings (SSSR count). The minimum Gasteiger partial charge on any atom is -0.307 e. The fourth-order valence-electron chi connectivity index (χ4n) is 1.65. The number of hydrogen-bond donors (Lipinski definition) is 1. The summed E-state index contributed by atoms with van der Waals surface area (Å²) in [5.41, 5.74) is 3.70. The first-order valence-electron chi connectivity index (χ1n) is 5.71. The van der Waals surface area contributed by atoms with Crippen molar-refractivity contribution in [3.05, 3.63) is 46.0 Å². The Hall–Kier alpha value is -0.600. The highest BCUT2D eigenvalue weighted by Gasteiger charge is 2.11. The van der Waals surface area contributed by atoms with Crippen molar-refractivity contribution in [1.82, 2.24) is 5.32 Å². The van der Waals surface area contributed by atoms with Crippen LogP contribution in [0.3, 0.4) is 0 Å². The van der Waals surface area contributed by atoms with E-state index >= 15 is 0 Å². The summed E-state index contributed by atoms with van der Waals surface area (Å²) >= 11 is 3.57. The molecular weight excluding hydrogens is 262 g/mol. The van der Waals surface area contributed by atoms with Gasteiger partial charge in [0.05, 0.1) is 6.04 Å². The van der Waals surface area contributed by atoms with E-state index in [0.29, 0.717) is 0 Å². The third kappa shape index (κ3) is 3.46. The van der Waals surface area contributed by atoms with Crippen molar-refractivity contribution in [1.29, 1.82) is 0 Å². The largest absolute Gasteiger partial charge is 0.307 e. The van der Waals surface area contributed by atoms with Gasteiger partial charge in [-0.2, -0.15) is 0 Å². The van der Waals surface area contributed by atoms with Crippen LogP contribution in [0.2, 0.25) is 0 Å². The highest BCUT2D eigenvalue weighted by molar-refractivity contribution is 9.10. The Morgan fingerprint density at radius 3 is 2.69 bits per heavy atom. The third-order valence-electron chi connectivity index (χ3n) is 2.62. The van der Waals surface area contributed by atoms with Crippen molar-refractivity contribution >= 4 is 15.9 Å². The van der Waals surface area contributed by atoms with Crippen molar-refractivity contribution in [3.63, 3.8) is 0 Å². The second-order valence-corrected chi connectivity index (χ2v) is 5.10. The molecule has 0 spiro atoms. The molecule has 88 valence electrons. The lowest BCUT2D eigenvalue weighted by molar-refractivity contribution is 0.591. The first-order valence-corrected chi connectivity index (χ1v) is 6.50. The summed E-state index contributed by atoms with van der Waals surface area (Å²) in [4.78, 5) is 0. The van der Waals surface area contributed by atoms with E-state index in [0.717, 1.165) is 23.0 Å². The maximum Gasteiger partial charge on any atom is 0.0531 e. The monoisotopic (exact) mass is 281 g/mol. The molecule has 16 heavy (non-hydrogen) atoms. The fourth-order valence-corrected chi connectivity index (χ4v) is 2.05. The van der Waals surface area contributed by atoms with E-state index in [2.05, 4.69) is 66.8 Å². The van der Waals surface area contributed by atoms with Crippen LogP contribution in [0, 0.1) is 6.92 Å². The van der Waals surface area contributed by atoms with Gasteiger partial charge in [0.1, 0.15) is 0 Å². The zero-order valence-electron chi connectivity index (χ0n) is 10.3. The minimum absolute atomic E-state index is 0.261. The number of rotatable bonds is 5. The van der Waals surface area contributed by atoms with Crippen LogP contribution in [0.4, 0.5) is 0 Å². The third-order valence-corrected chi connectivity index (χ3v) is 3.47. The fraction of sp³-hybridized carbons (Fsp3) is 0.429. The molecule has 0 aliphatic carbocycles. The van der Waals surface area contributed by atoms with Gasteiger partial charge in [-0.3, -0.25) is 0 Å². The molecule has 1 aromatic carbocycles. The van der Waals surface area contributed by atoms with Gasteiger partial charge in [-0.25, -0.2) is 0 Å². The van der Waals surface area contributed by atoms with Crippen LogP contribution < -0.4 is 5.32 Å². The Bertz CT molecular complexity index is 371. The molecule has 1 aromatic rings. The average molecular weight is 282 g/mol. The number of nitrogens with one attached hydrogen (secondary N) is 1. The quantitative estimate of drug-likeness (QED) is 0.790. The number of aryl methyl sites for hydroxylation is 1. The molecule has 0 heterocycles. The average Bonchev–Trinajstić information content (AvgIpc) is 2.23. The van der Waals surface area contributed by atoms with Gasteiger partial charge in [0.25, 0.3) is 0 Å². The standard InChI is InChI=1S/C14H20BrN/c1-5-8-16-14(10(2)3)12-7-6-11(4)13(15)9-12/h6-7,9,14,16H,2,5,8H2,1,3-4H3. The van der Waals surface area contributed by atoms with Crippen LogP contribution in [0.15, 0.2) is 34.8 Å². The highest BCUT2D eigenvalue weighted by atomic mass is 79.9. The Kier molecular flexibility index (Phi) is 5.23. The van der Waals surface area contributed by atoms with Crippen LogP contribution in [-0.2, 0) is 0 Å². The Labute approximate surface area is 107 Å². The first kappa shape index (κ1) is 13.5. The summed E-state index contributed by atoms with van der Waals surface area (Å²) in [5.74, 6) is 0. The van der Waals surface area contributed by atoms with Crippen molar-refractivity contribution in [2.75, 3.05) is 6.54 Å². The van der Waals surface area contributed by atoms with Crippen LogP contribution >= 0.6 is 15.9 Å². The smallest absolute Gasteiger partial charge is 0.0531 e. The molecule has 0 fully saturated rings. The lowest BCUT2D eigenvalue weighted by atomic mass is 10.00. The summed E-state index contributed by atoms with van der Waals surface area (Å²) in [6, 6.07) is 6.75. The van der Waals surface area contributed by atoms with Gasteiger partial charge in [0.15, 0.2) is 0 Å². The van der Waals surface area contributed by atoms with Crippen LogP contribution in [0.1, 0.15) is 37.4 Å². The van der Waals surface area contributed by atoms with E-state index in [4.69, 9.17) is 0 Å². The van der Waals surface area contributed by atoms with Crippen LogP contribution in [0.5, 0.6) is 0 Å². The molecular formula is C14H20BrN. The van der Waals surface area contributed by atoms with Gasteiger partial charge in [-0.15, -0.1) is 0 Å². The van der Waals surface area contributed by atoms with Gasteiger partial charge < -0.3 is 5.32 Å². The lowest BCUT2D eigenvalue weighted by Crippen LogP contribution is -2.22. The second kappa shape index (κ2) is 6.21. The Morgan fingerprint density at radius 2 is 2.19 bits per heavy atom. The zero-order chi connectivity index (χ0) is 12.1. The number of benzene rings is 1. The van der Waals surface area contributed by atoms with Gasteiger partial charge in [0, 0.05) is 4.47 Å². The van der Waals surface area contributed by atoms with E-state index in [1.54, 1.807) is 0 Å². The van der Waals surface area contributed by atoms with E-state index < -0.39 is 0 Å². The van der Waals surface area contributed by atoms with Crippen LogP contribution in [0.25, 0.3) is 0 Å². The van der Waals surface area contributed by atoms with Crippen molar-refractivity contribution in [2.45, 2.75) is 33.2 Å². The van der Waals surface area contributed by atoms with Gasteiger partial charge >= 0.3 is 0 Å². The van der Waals surface area contributed by atoms with Gasteiger partial charge in [0.2, 0.25) is 0 Å². The summed E-state index contributed by atoms with van der Waals surface area (Å²) in [7, 11) is 0. The molecule has 0 aliphatic heterocycles. The molecule has 0 aliphatic rings. The van der Waals surface area contributed by atoms with E-state index in [9.17, 15) is 0 Å². The van der Waals surface area contributed by atoms with Crippen molar-refractivity contribution in [3.8, 4) is 0 Å². The SMILES string of the molecule is C=C(C)C(NCCC)c1ccc(C)c(Br)c1. The summed E-state index contributed by atoms with van der Waals surface area (Å²) in [6.45, 7) is 11.4. The summed E-state index contributed by atoms with van der Waals surface area (Å²) in [6.07, 6.45) is 1.14. The molecule has 0 amide bonds. The molecule has 0 aromatic heterocycles. The molecule has 0 saturated carbocycles. The molecule has 1 nitrogen and oxygen atoms in total. The lowest BCUT2D eigenvalue weighted by Gasteiger charge is -2.19. The van der Waals surface area contributed by atoms with Gasteiger partial charge in [-0.05, 0) is 44.0 Å². The Balaban J connectivity index is 2.92. The summed E-state index contributed by atoms with van der Waals surface area (Å²) in [5, 5.41) is 3.51. The summed E-state index contributed by atoms with van der Waals surface area (Å²) < 4.78 is 1.16. The zero-order valence-corrected chi connectivity index (χ0v) is 11.9. The maximum absolute atomic E-state index is 4.06. The van der Waals surface area contributed by atoms with Crippen molar-refractivity contribution in [2.24, 2.45) is 0 Å². The number of halogens is 1. The highest BCUT2D eigenvalue weighted by Crippen LogP contribution is 2.25. The minimum atomic E-state index is 0.261. The second-order valence-electron chi connectivity index (χ2n) is 4.24. The molecule has 0 bridgehead atoms. The van der Waals surface area contributed by atoms with E-state index in [1.165, 1.54) is 11.1 Å². The van der Waals surface area contributed by atoms with E-state index in [1.807, 2.05) is 0 Å². The number of hydrogen-bond acceptors (Lipinski definition) is 1. The molecule has 2 heteroatoms. The molecule has 0 saturated heterocycles. The van der Waals surface area contributed by atoms with Crippen molar-refractivity contribution < 1.29 is 0 Å². The topological polar surface area (TPSA) is 12.0 Å². The molecule has 1 N–H and O–H groups in total. The molecule has 1 unspecified atom stereocenters. The molecule has 1 atom stereocenters. The maximum atomic E-state index is 4.06. The molecule has 0 radical (unpaired) electrons. The van der Waals surface area contributed by atoms with E-state index in [-0.39, 0.29) is 6.04 Å². The predicted octanol–water partition coefficient (Wildman–Crippen LogP) is 4.37. The Morgan fingerprint density at radius 1 is 1.50 bits per heavy atom. The van der Waals surface area contributed by atoms with Crippen LogP contribution in [-0.4, -0.2) is 6.54 Å². The van der Waals surface area contributed by atoms with Gasteiger partial charge in [-0.1, -0.05) is 47.1 Å². The predicted molar refractivity (Wildman–Crippen MR) is 74.7 cm³/mol. The normalized spacial score (nSPS) is 12.5.